The smallest absolute Gasteiger partial charge is 0.426 e. The Balaban J connectivity index is 2.29. The molecule has 0 unspecified atom stereocenters. The van der Waals surface area contributed by atoms with Crippen LogP contribution < -0.4 is 16.7 Å². The molecule has 0 fully saturated rings. The van der Waals surface area contributed by atoms with Crippen LogP contribution in [0.2, 0.25) is 0 Å². The van der Waals surface area contributed by atoms with Crippen LogP contribution in [0, 0.1) is 0 Å². The van der Waals surface area contributed by atoms with E-state index in [1.54, 1.807) is 20.8 Å². The quantitative estimate of drug-likeness (QED) is 0.567. The molecule has 0 aliphatic rings. The number of carbonyl (C=O) groups excluding carboxylic acids is 2. The molecule has 2 amide bonds. The molecule has 116 valence electrons. The molecule has 7 nitrogen and oxygen atoms in total. The molecular weight excluding hydrogens is 272 g/mol. The van der Waals surface area contributed by atoms with E-state index >= 15 is 0 Å². The minimum Gasteiger partial charge on any atom is -0.443 e. The number of nitrogens with zero attached hydrogens (tertiary/aromatic N) is 1. The van der Waals surface area contributed by atoms with Gasteiger partial charge in [0, 0.05) is 6.54 Å². The van der Waals surface area contributed by atoms with Crippen LogP contribution in [0.15, 0.2) is 30.3 Å². The standard InChI is InChI=1S/C14H22N4O3/c1-14(2,3)21-13(20)17-16-12(19)10-18(15)9-11-7-5-4-6-8-11/h4-8H,9-10,15H2,1-3H3,(H,16,19)(H,17,20). The Morgan fingerprint density at radius 3 is 2.38 bits per heavy atom. The first-order valence-corrected chi connectivity index (χ1v) is 6.57. The van der Waals surface area contributed by atoms with Crippen LogP contribution in [0.5, 0.6) is 0 Å². The number of hydrogen-bond donors (Lipinski definition) is 3. The lowest BCUT2D eigenvalue weighted by atomic mass is 10.2. The van der Waals surface area contributed by atoms with Gasteiger partial charge in [0.25, 0.3) is 5.91 Å². The normalized spacial score (nSPS) is 11.1. The zero-order valence-electron chi connectivity index (χ0n) is 12.6. The third-order valence-corrected chi connectivity index (χ3v) is 2.28. The van der Waals surface area contributed by atoms with Gasteiger partial charge in [0.2, 0.25) is 0 Å². The second-order valence-corrected chi connectivity index (χ2v) is 5.57. The minimum atomic E-state index is -0.720. The van der Waals surface area contributed by atoms with Crippen molar-refractivity contribution < 1.29 is 14.3 Å². The SMILES string of the molecule is CC(C)(C)OC(=O)NNC(=O)CN(N)Cc1ccccc1. The molecule has 7 heteroatoms. The Hall–Kier alpha value is -2.12. The van der Waals surface area contributed by atoms with E-state index in [0.29, 0.717) is 6.54 Å². The molecule has 0 aromatic heterocycles. The summed E-state index contributed by atoms with van der Waals surface area (Å²) in [7, 11) is 0. The molecule has 1 aromatic rings. The van der Waals surface area contributed by atoms with Crippen molar-refractivity contribution in [3.8, 4) is 0 Å². The van der Waals surface area contributed by atoms with E-state index in [2.05, 4.69) is 10.9 Å². The van der Waals surface area contributed by atoms with Crippen molar-refractivity contribution in [1.82, 2.24) is 15.9 Å². The topological polar surface area (TPSA) is 96.7 Å². The molecule has 0 aliphatic heterocycles. The Morgan fingerprint density at radius 1 is 1.19 bits per heavy atom. The lowest BCUT2D eigenvalue weighted by Gasteiger charge is -2.20. The van der Waals surface area contributed by atoms with Crippen LogP contribution >= 0.6 is 0 Å². The van der Waals surface area contributed by atoms with E-state index in [-0.39, 0.29) is 6.54 Å². The molecule has 0 saturated carbocycles. The predicted octanol–water partition coefficient (Wildman–Crippen LogP) is 0.918. The molecule has 1 rings (SSSR count). The van der Waals surface area contributed by atoms with Crippen LogP contribution in [0.1, 0.15) is 26.3 Å². The average molecular weight is 294 g/mol. The van der Waals surface area contributed by atoms with Gasteiger partial charge in [-0.1, -0.05) is 30.3 Å². The van der Waals surface area contributed by atoms with E-state index in [9.17, 15) is 9.59 Å². The van der Waals surface area contributed by atoms with Crippen molar-refractivity contribution in [3.05, 3.63) is 35.9 Å². The number of nitrogens with one attached hydrogen (secondary N) is 2. The number of benzene rings is 1. The number of hydrazine groups is 2. The van der Waals surface area contributed by atoms with Gasteiger partial charge in [0.05, 0.1) is 6.54 Å². The number of amides is 2. The third kappa shape index (κ3) is 7.91. The van der Waals surface area contributed by atoms with Crippen molar-refractivity contribution in [1.29, 1.82) is 0 Å². The first kappa shape index (κ1) is 16.9. The van der Waals surface area contributed by atoms with E-state index in [1.165, 1.54) is 5.01 Å². The number of carbonyl (C=O) groups is 2. The summed E-state index contributed by atoms with van der Waals surface area (Å²) in [4.78, 5) is 23.0. The van der Waals surface area contributed by atoms with Gasteiger partial charge in [0.15, 0.2) is 0 Å². The Labute approximate surface area is 124 Å². The summed E-state index contributed by atoms with van der Waals surface area (Å²) in [6.07, 6.45) is -0.720. The Morgan fingerprint density at radius 2 is 1.81 bits per heavy atom. The monoisotopic (exact) mass is 294 g/mol. The van der Waals surface area contributed by atoms with Crippen LogP contribution in [0.4, 0.5) is 4.79 Å². The summed E-state index contributed by atoms with van der Waals surface area (Å²) in [6.45, 7) is 5.58. The van der Waals surface area contributed by atoms with Gasteiger partial charge in [-0.2, -0.15) is 0 Å². The summed E-state index contributed by atoms with van der Waals surface area (Å²) in [5.41, 5.74) is 4.77. The van der Waals surface area contributed by atoms with Crippen molar-refractivity contribution >= 4 is 12.0 Å². The zero-order valence-corrected chi connectivity index (χ0v) is 12.6. The van der Waals surface area contributed by atoms with Crippen LogP contribution in [-0.2, 0) is 16.1 Å². The molecule has 0 saturated heterocycles. The maximum absolute atomic E-state index is 11.6. The molecule has 0 radical (unpaired) electrons. The number of hydrogen-bond acceptors (Lipinski definition) is 5. The molecule has 0 spiro atoms. The molecule has 21 heavy (non-hydrogen) atoms. The van der Waals surface area contributed by atoms with Gasteiger partial charge in [-0.05, 0) is 26.3 Å². The second-order valence-electron chi connectivity index (χ2n) is 5.57. The fourth-order valence-corrected chi connectivity index (χ4v) is 1.52. The molecule has 4 N–H and O–H groups in total. The lowest BCUT2D eigenvalue weighted by molar-refractivity contribution is -0.123. The van der Waals surface area contributed by atoms with Crippen molar-refractivity contribution in [3.63, 3.8) is 0 Å². The molecule has 0 aliphatic carbocycles. The Bertz CT molecular complexity index is 471. The van der Waals surface area contributed by atoms with Gasteiger partial charge in [-0.3, -0.25) is 16.1 Å². The average Bonchev–Trinajstić information content (AvgIpc) is 2.35. The van der Waals surface area contributed by atoms with E-state index in [0.717, 1.165) is 5.56 Å². The minimum absolute atomic E-state index is 0.0509. The highest BCUT2D eigenvalue weighted by Crippen LogP contribution is 2.05. The van der Waals surface area contributed by atoms with Crippen LogP contribution in [0.25, 0.3) is 0 Å². The van der Waals surface area contributed by atoms with Gasteiger partial charge < -0.3 is 4.74 Å². The maximum atomic E-state index is 11.6. The molecular formula is C14H22N4O3. The van der Waals surface area contributed by atoms with Gasteiger partial charge in [-0.25, -0.2) is 15.2 Å². The number of nitrogens with two attached hydrogens (primary N) is 1. The van der Waals surface area contributed by atoms with Crippen molar-refractivity contribution in [2.24, 2.45) is 5.84 Å². The fourth-order valence-electron chi connectivity index (χ4n) is 1.52. The summed E-state index contributed by atoms with van der Waals surface area (Å²) in [6, 6.07) is 9.52. The molecule has 0 atom stereocenters. The Kier molecular flexibility index (Phi) is 6.13. The molecule has 1 aromatic carbocycles. The molecule has 0 bridgehead atoms. The summed E-state index contributed by atoms with van der Waals surface area (Å²) >= 11 is 0. The molecule has 0 heterocycles. The number of ether oxygens (including phenoxy) is 1. The highest BCUT2D eigenvalue weighted by molar-refractivity contribution is 5.80. The van der Waals surface area contributed by atoms with Crippen molar-refractivity contribution in [2.75, 3.05) is 6.54 Å². The van der Waals surface area contributed by atoms with Gasteiger partial charge in [-0.15, -0.1) is 0 Å². The van der Waals surface area contributed by atoms with Crippen molar-refractivity contribution in [2.45, 2.75) is 32.9 Å². The first-order chi connectivity index (χ1) is 9.76. The predicted molar refractivity (Wildman–Crippen MR) is 78.6 cm³/mol. The van der Waals surface area contributed by atoms with E-state index < -0.39 is 17.6 Å². The summed E-state index contributed by atoms with van der Waals surface area (Å²) in [5, 5.41) is 1.35. The van der Waals surface area contributed by atoms with Gasteiger partial charge >= 0.3 is 6.09 Å². The summed E-state index contributed by atoms with van der Waals surface area (Å²) < 4.78 is 4.98. The van der Waals surface area contributed by atoms with E-state index in [1.807, 2.05) is 30.3 Å². The largest absolute Gasteiger partial charge is 0.443 e. The second kappa shape index (κ2) is 7.61. The fraction of sp³-hybridized carbons (Fsp3) is 0.429. The number of rotatable bonds is 4. The highest BCUT2D eigenvalue weighted by atomic mass is 16.6. The highest BCUT2D eigenvalue weighted by Gasteiger charge is 2.16. The zero-order chi connectivity index (χ0) is 15.9. The van der Waals surface area contributed by atoms with Gasteiger partial charge in [0.1, 0.15) is 5.60 Å². The van der Waals surface area contributed by atoms with Crippen LogP contribution in [-0.4, -0.2) is 29.2 Å². The summed E-state index contributed by atoms with van der Waals surface area (Å²) in [5.74, 6) is 5.31. The lowest BCUT2D eigenvalue weighted by Crippen LogP contribution is -2.49. The van der Waals surface area contributed by atoms with E-state index in [4.69, 9.17) is 10.6 Å². The first-order valence-electron chi connectivity index (χ1n) is 6.57. The maximum Gasteiger partial charge on any atom is 0.426 e. The van der Waals surface area contributed by atoms with Crippen LogP contribution in [0.3, 0.4) is 0 Å². The third-order valence-electron chi connectivity index (χ3n) is 2.28.